The van der Waals surface area contributed by atoms with Crippen molar-refractivity contribution in [2.75, 3.05) is 20.1 Å². The van der Waals surface area contributed by atoms with Crippen molar-refractivity contribution in [1.82, 2.24) is 9.80 Å². The largest absolute Gasteiger partial charge is 0.379 e. The molecule has 1 fully saturated rings. The molecule has 0 saturated carbocycles. The van der Waals surface area contributed by atoms with Crippen molar-refractivity contribution in [1.29, 1.82) is 0 Å². The van der Waals surface area contributed by atoms with E-state index in [-0.39, 0.29) is 11.1 Å². The standard InChI is InChI=1S/C17H36N2O.C7H8O3S/c1-4-5-6-7-8-9-10-11-12-13-17-18(3)14-15-19(17)16(2)20;1-6-2-4-7(5-3-6)11(8,9)10/h16-17,20H,4-15H2,1-3H3;2-5H,1H3,(H,8,9,10). The maximum atomic E-state index is 10.5. The van der Waals surface area contributed by atoms with E-state index in [1.807, 2.05) is 13.8 Å². The zero-order valence-corrected chi connectivity index (χ0v) is 20.8. The number of aryl methyl sites for hydroxylation is 1. The molecule has 180 valence electrons. The van der Waals surface area contributed by atoms with Crippen molar-refractivity contribution in [2.45, 2.75) is 102 Å². The Morgan fingerprint density at radius 1 is 0.968 bits per heavy atom. The summed E-state index contributed by atoms with van der Waals surface area (Å²) < 4.78 is 29.6. The second-order valence-corrected chi connectivity index (χ2v) is 10.2. The van der Waals surface area contributed by atoms with Crippen LogP contribution in [0, 0.1) is 6.92 Å². The maximum absolute atomic E-state index is 10.5. The Labute approximate surface area is 190 Å². The lowest BCUT2D eigenvalue weighted by atomic mass is 10.1. The van der Waals surface area contributed by atoms with Gasteiger partial charge in [0, 0.05) is 13.1 Å². The van der Waals surface area contributed by atoms with Crippen molar-refractivity contribution in [3.05, 3.63) is 29.8 Å². The van der Waals surface area contributed by atoms with Crippen LogP contribution >= 0.6 is 0 Å². The van der Waals surface area contributed by atoms with E-state index < -0.39 is 10.1 Å². The fourth-order valence-electron chi connectivity index (χ4n) is 3.99. The van der Waals surface area contributed by atoms with Gasteiger partial charge >= 0.3 is 0 Å². The Morgan fingerprint density at radius 3 is 1.97 bits per heavy atom. The first-order chi connectivity index (χ1) is 14.7. The van der Waals surface area contributed by atoms with Gasteiger partial charge in [-0.05, 0) is 39.4 Å². The van der Waals surface area contributed by atoms with E-state index in [0.717, 1.165) is 18.7 Å². The molecule has 1 aromatic carbocycles. The summed E-state index contributed by atoms with van der Waals surface area (Å²) in [5.41, 5.74) is 0.956. The van der Waals surface area contributed by atoms with Crippen LogP contribution in [0.4, 0.5) is 0 Å². The van der Waals surface area contributed by atoms with Crippen LogP contribution in [0.25, 0.3) is 0 Å². The van der Waals surface area contributed by atoms with Crippen LogP contribution in [0.15, 0.2) is 29.2 Å². The summed E-state index contributed by atoms with van der Waals surface area (Å²) in [6, 6.07) is 5.99. The first-order valence-electron chi connectivity index (χ1n) is 11.8. The molecule has 7 heteroatoms. The number of aliphatic hydroxyl groups excluding tert-OH is 1. The zero-order chi connectivity index (χ0) is 23.3. The van der Waals surface area contributed by atoms with Gasteiger partial charge in [-0.25, -0.2) is 0 Å². The molecule has 2 unspecified atom stereocenters. The number of unbranched alkanes of at least 4 members (excludes halogenated alkanes) is 8. The number of hydrogen-bond acceptors (Lipinski definition) is 5. The molecule has 1 aliphatic rings. The average Bonchev–Trinajstić information content (AvgIpc) is 3.07. The monoisotopic (exact) mass is 456 g/mol. The molecular weight excluding hydrogens is 412 g/mol. The lowest BCUT2D eigenvalue weighted by Gasteiger charge is -2.30. The highest BCUT2D eigenvalue weighted by atomic mass is 32.2. The third kappa shape index (κ3) is 11.4. The van der Waals surface area contributed by atoms with Gasteiger partial charge in [0.15, 0.2) is 0 Å². The molecule has 1 saturated heterocycles. The van der Waals surface area contributed by atoms with Crippen LogP contribution in [0.2, 0.25) is 0 Å². The summed E-state index contributed by atoms with van der Waals surface area (Å²) in [6.07, 6.45) is 13.8. The minimum absolute atomic E-state index is 0.0666. The molecule has 2 atom stereocenters. The average molecular weight is 457 g/mol. The summed E-state index contributed by atoms with van der Waals surface area (Å²) in [7, 11) is -1.84. The van der Waals surface area contributed by atoms with Crippen molar-refractivity contribution in [3.8, 4) is 0 Å². The molecule has 2 rings (SSSR count). The quantitative estimate of drug-likeness (QED) is 0.338. The Balaban J connectivity index is 0.000000367. The Bertz CT molecular complexity index is 692. The van der Waals surface area contributed by atoms with Gasteiger partial charge in [0.25, 0.3) is 10.1 Å². The van der Waals surface area contributed by atoms with Gasteiger partial charge in [-0.3, -0.25) is 14.4 Å². The van der Waals surface area contributed by atoms with Gasteiger partial charge in [-0.15, -0.1) is 0 Å². The predicted octanol–water partition coefficient (Wildman–Crippen LogP) is 5.06. The molecule has 0 amide bonds. The van der Waals surface area contributed by atoms with Crippen LogP contribution < -0.4 is 0 Å². The Kier molecular flexibility index (Phi) is 13.5. The van der Waals surface area contributed by atoms with Gasteiger partial charge in [-0.2, -0.15) is 8.42 Å². The van der Waals surface area contributed by atoms with Crippen molar-refractivity contribution < 1.29 is 18.1 Å². The van der Waals surface area contributed by atoms with Crippen molar-refractivity contribution >= 4 is 10.1 Å². The molecule has 2 N–H and O–H groups in total. The molecule has 1 heterocycles. The summed E-state index contributed by atoms with van der Waals surface area (Å²) in [5.74, 6) is 0. The first-order valence-corrected chi connectivity index (χ1v) is 13.3. The molecular formula is C24H44N2O4S. The summed E-state index contributed by atoms with van der Waals surface area (Å²) in [4.78, 5) is 4.55. The Hall–Kier alpha value is -0.990. The van der Waals surface area contributed by atoms with Crippen LogP contribution in [0.3, 0.4) is 0 Å². The highest BCUT2D eigenvalue weighted by Gasteiger charge is 2.30. The minimum Gasteiger partial charge on any atom is -0.379 e. The molecule has 0 aromatic heterocycles. The maximum Gasteiger partial charge on any atom is 0.294 e. The SMILES string of the molecule is CCCCCCCCCCCC1N(C)CCN1C(C)O.Cc1ccc(S(=O)(=O)O)cc1. The van der Waals surface area contributed by atoms with Gasteiger partial charge in [0.2, 0.25) is 0 Å². The molecule has 31 heavy (non-hydrogen) atoms. The lowest BCUT2D eigenvalue weighted by molar-refractivity contribution is -0.0155. The molecule has 1 aromatic rings. The third-order valence-electron chi connectivity index (χ3n) is 5.97. The highest BCUT2D eigenvalue weighted by Crippen LogP contribution is 2.21. The number of nitrogens with zero attached hydrogens (tertiary/aromatic N) is 2. The normalized spacial score (nSPS) is 18.6. The van der Waals surface area contributed by atoms with E-state index in [0.29, 0.717) is 6.17 Å². The third-order valence-corrected chi connectivity index (χ3v) is 6.84. The second-order valence-electron chi connectivity index (χ2n) is 8.74. The molecule has 6 nitrogen and oxygen atoms in total. The van der Waals surface area contributed by atoms with Crippen LogP contribution in [-0.4, -0.2) is 60.4 Å². The summed E-state index contributed by atoms with van der Waals surface area (Å²) >= 11 is 0. The van der Waals surface area contributed by atoms with E-state index in [4.69, 9.17) is 4.55 Å². The van der Waals surface area contributed by atoms with Gasteiger partial charge < -0.3 is 5.11 Å². The van der Waals surface area contributed by atoms with Crippen LogP contribution in [0.1, 0.15) is 83.6 Å². The highest BCUT2D eigenvalue weighted by molar-refractivity contribution is 7.85. The summed E-state index contributed by atoms with van der Waals surface area (Å²) in [6.45, 7) is 8.11. The topological polar surface area (TPSA) is 81.1 Å². The number of aliphatic hydroxyl groups is 1. The number of hydrogen-bond donors (Lipinski definition) is 2. The predicted molar refractivity (Wildman–Crippen MR) is 128 cm³/mol. The fraction of sp³-hybridized carbons (Fsp3) is 0.750. The lowest BCUT2D eigenvalue weighted by Crippen LogP contribution is -2.41. The number of likely N-dealkylation sites (N-methyl/N-ethyl adjacent to an activating group) is 1. The van der Waals surface area contributed by atoms with Crippen LogP contribution in [-0.2, 0) is 10.1 Å². The van der Waals surface area contributed by atoms with E-state index >= 15 is 0 Å². The number of benzene rings is 1. The van der Waals surface area contributed by atoms with Gasteiger partial charge in [0.05, 0.1) is 11.1 Å². The molecule has 0 bridgehead atoms. The second kappa shape index (κ2) is 15.0. The van der Waals surface area contributed by atoms with Gasteiger partial charge in [-0.1, -0.05) is 82.4 Å². The molecule has 0 aliphatic carbocycles. The van der Waals surface area contributed by atoms with E-state index in [1.165, 1.54) is 76.3 Å². The fourth-order valence-corrected chi connectivity index (χ4v) is 4.47. The first kappa shape index (κ1) is 28.0. The smallest absolute Gasteiger partial charge is 0.294 e. The van der Waals surface area contributed by atoms with Crippen molar-refractivity contribution in [2.24, 2.45) is 0 Å². The van der Waals surface area contributed by atoms with Crippen LogP contribution in [0.5, 0.6) is 0 Å². The van der Waals surface area contributed by atoms with Gasteiger partial charge in [0.1, 0.15) is 6.23 Å². The minimum atomic E-state index is -4.02. The number of rotatable bonds is 12. The van der Waals surface area contributed by atoms with E-state index in [2.05, 4.69) is 23.8 Å². The molecule has 0 radical (unpaired) electrons. The molecule has 1 aliphatic heterocycles. The van der Waals surface area contributed by atoms with E-state index in [1.54, 1.807) is 12.1 Å². The molecule has 0 spiro atoms. The van der Waals surface area contributed by atoms with E-state index in [9.17, 15) is 13.5 Å². The van der Waals surface area contributed by atoms with Crippen molar-refractivity contribution in [3.63, 3.8) is 0 Å². The summed E-state index contributed by atoms with van der Waals surface area (Å²) in [5, 5.41) is 9.78. The zero-order valence-electron chi connectivity index (χ0n) is 20.0. The Morgan fingerprint density at radius 2 is 1.48 bits per heavy atom.